The van der Waals surface area contributed by atoms with Gasteiger partial charge in [0.05, 0.1) is 11.1 Å². The number of nitrogens with zero attached hydrogens (tertiary/aromatic N) is 1. The first-order valence-electron chi connectivity index (χ1n) is 5.06. The Hall–Kier alpha value is -2.17. The molecule has 0 unspecified atom stereocenters. The highest BCUT2D eigenvalue weighted by Crippen LogP contribution is 2.30. The number of halogens is 3. The van der Waals surface area contributed by atoms with Crippen molar-refractivity contribution in [1.82, 2.24) is 4.98 Å². The van der Waals surface area contributed by atoms with Crippen molar-refractivity contribution in [1.29, 1.82) is 0 Å². The van der Waals surface area contributed by atoms with E-state index in [-0.39, 0.29) is 11.2 Å². The van der Waals surface area contributed by atoms with E-state index in [1.54, 1.807) is 6.07 Å². The Kier molecular flexibility index (Phi) is 2.90. The maximum absolute atomic E-state index is 12.5. The number of allylic oxidation sites excluding steroid dienone is 1. The molecule has 2 rings (SSSR count). The summed E-state index contributed by atoms with van der Waals surface area (Å²) in [5, 5.41) is 0.545. The number of fused-ring (bicyclic) bond motifs is 1. The Morgan fingerprint density at radius 3 is 2.50 bits per heavy atom. The van der Waals surface area contributed by atoms with Gasteiger partial charge in [-0.3, -0.25) is 4.79 Å². The van der Waals surface area contributed by atoms with Crippen LogP contribution in [0.5, 0.6) is 0 Å². The van der Waals surface area contributed by atoms with Crippen molar-refractivity contribution in [3.8, 4) is 0 Å². The molecule has 0 spiro atoms. The summed E-state index contributed by atoms with van der Waals surface area (Å²) >= 11 is 0. The normalized spacial score (nSPS) is 11.5. The quantitative estimate of drug-likeness (QED) is 0.602. The molecule has 1 heterocycles. The molecule has 0 radical (unpaired) electrons. The summed E-state index contributed by atoms with van der Waals surface area (Å²) in [7, 11) is 0. The van der Waals surface area contributed by atoms with Crippen molar-refractivity contribution in [2.45, 2.75) is 6.18 Å². The Morgan fingerprint density at radius 1 is 1.22 bits per heavy atom. The molecule has 2 aromatic rings. The van der Waals surface area contributed by atoms with E-state index in [2.05, 4.69) is 11.6 Å². The van der Waals surface area contributed by atoms with Gasteiger partial charge in [0.2, 0.25) is 5.78 Å². The van der Waals surface area contributed by atoms with Crippen molar-refractivity contribution < 1.29 is 18.0 Å². The number of carbonyl (C=O) groups is 1. The average Bonchev–Trinajstić information content (AvgIpc) is 2.35. The average molecular weight is 251 g/mol. The van der Waals surface area contributed by atoms with Crippen LogP contribution in [-0.2, 0) is 6.18 Å². The van der Waals surface area contributed by atoms with E-state index in [0.717, 1.165) is 18.2 Å². The maximum atomic E-state index is 12.5. The molecule has 5 heteroatoms. The molecule has 0 bridgehead atoms. The Labute approximate surface area is 101 Å². The van der Waals surface area contributed by atoms with Crippen LogP contribution in [0.15, 0.2) is 43.0 Å². The number of carbonyl (C=O) groups excluding carboxylic acids is 1. The molecule has 0 saturated carbocycles. The Balaban J connectivity index is 2.60. The first-order valence-corrected chi connectivity index (χ1v) is 5.06. The SMILES string of the molecule is C=CC(=O)c1ccc2ccc(C(F)(F)F)cc2n1. The molecule has 0 aliphatic heterocycles. The fraction of sp³-hybridized carbons (Fsp3) is 0.0769. The van der Waals surface area contributed by atoms with Gasteiger partial charge in [-0.2, -0.15) is 13.2 Å². The third kappa shape index (κ3) is 2.25. The number of benzene rings is 1. The number of pyridine rings is 1. The van der Waals surface area contributed by atoms with E-state index in [0.29, 0.717) is 5.39 Å². The first kappa shape index (κ1) is 12.3. The largest absolute Gasteiger partial charge is 0.416 e. The summed E-state index contributed by atoms with van der Waals surface area (Å²) in [5.41, 5.74) is -0.569. The van der Waals surface area contributed by atoms with Gasteiger partial charge in [0, 0.05) is 5.39 Å². The lowest BCUT2D eigenvalue weighted by atomic mass is 10.1. The van der Waals surface area contributed by atoms with Crippen LogP contribution in [0.1, 0.15) is 16.1 Å². The second kappa shape index (κ2) is 4.25. The molecule has 1 aromatic carbocycles. The molecule has 92 valence electrons. The maximum Gasteiger partial charge on any atom is 0.416 e. The molecule has 1 aromatic heterocycles. The van der Waals surface area contributed by atoms with Crippen molar-refractivity contribution in [2.24, 2.45) is 0 Å². The molecular formula is C13H8F3NO. The second-order valence-electron chi connectivity index (χ2n) is 3.67. The van der Waals surface area contributed by atoms with E-state index >= 15 is 0 Å². The van der Waals surface area contributed by atoms with E-state index in [9.17, 15) is 18.0 Å². The van der Waals surface area contributed by atoms with Crippen molar-refractivity contribution in [3.63, 3.8) is 0 Å². The molecule has 2 nitrogen and oxygen atoms in total. The topological polar surface area (TPSA) is 30.0 Å². The van der Waals surface area contributed by atoms with Crippen LogP contribution in [0.3, 0.4) is 0 Å². The first-order chi connectivity index (χ1) is 8.41. The summed E-state index contributed by atoms with van der Waals surface area (Å²) in [6.07, 6.45) is -3.35. The highest BCUT2D eigenvalue weighted by molar-refractivity contribution is 6.03. The van der Waals surface area contributed by atoms with Crippen molar-refractivity contribution in [3.05, 3.63) is 54.2 Å². The third-order valence-corrected chi connectivity index (χ3v) is 2.46. The minimum Gasteiger partial charge on any atom is -0.288 e. The fourth-order valence-electron chi connectivity index (χ4n) is 1.54. The summed E-state index contributed by atoms with van der Waals surface area (Å²) < 4.78 is 37.6. The minimum absolute atomic E-state index is 0.0804. The van der Waals surface area contributed by atoms with Gasteiger partial charge in [0.1, 0.15) is 5.69 Å². The zero-order valence-electron chi connectivity index (χ0n) is 9.16. The molecule has 18 heavy (non-hydrogen) atoms. The highest BCUT2D eigenvalue weighted by Gasteiger charge is 2.30. The van der Waals surface area contributed by atoms with Crippen LogP contribution in [0.4, 0.5) is 13.2 Å². The smallest absolute Gasteiger partial charge is 0.288 e. The number of rotatable bonds is 2. The molecule has 0 N–H and O–H groups in total. The molecule has 0 saturated heterocycles. The standard InChI is InChI=1S/C13H8F3NO/c1-2-12(18)10-6-4-8-3-5-9(13(14,15)16)7-11(8)17-10/h2-7H,1H2. The van der Waals surface area contributed by atoms with Crippen LogP contribution < -0.4 is 0 Å². The molecule has 0 atom stereocenters. The molecule has 0 fully saturated rings. The summed E-state index contributed by atoms with van der Waals surface area (Å²) in [6, 6.07) is 6.25. The molecule has 0 aliphatic carbocycles. The number of hydrogen-bond donors (Lipinski definition) is 0. The summed E-state index contributed by atoms with van der Waals surface area (Å²) in [6.45, 7) is 3.30. The van der Waals surface area contributed by atoms with Crippen LogP contribution >= 0.6 is 0 Å². The van der Waals surface area contributed by atoms with Gasteiger partial charge in [0.25, 0.3) is 0 Å². The predicted octanol–water partition coefficient (Wildman–Crippen LogP) is 3.62. The molecular weight excluding hydrogens is 243 g/mol. The predicted molar refractivity (Wildman–Crippen MR) is 61.3 cm³/mol. The number of aromatic nitrogens is 1. The van der Waals surface area contributed by atoms with Gasteiger partial charge >= 0.3 is 6.18 Å². The summed E-state index contributed by atoms with van der Waals surface area (Å²) in [4.78, 5) is 15.2. The van der Waals surface area contributed by atoms with Gasteiger partial charge in [-0.25, -0.2) is 4.98 Å². The lowest BCUT2D eigenvalue weighted by Crippen LogP contribution is -2.05. The van der Waals surface area contributed by atoms with Gasteiger partial charge in [-0.1, -0.05) is 18.7 Å². The van der Waals surface area contributed by atoms with Crippen molar-refractivity contribution >= 4 is 16.7 Å². The fourth-order valence-corrected chi connectivity index (χ4v) is 1.54. The number of alkyl halides is 3. The van der Waals surface area contributed by atoms with E-state index in [4.69, 9.17) is 0 Å². The second-order valence-corrected chi connectivity index (χ2v) is 3.67. The minimum atomic E-state index is -4.42. The van der Waals surface area contributed by atoms with Gasteiger partial charge < -0.3 is 0 Å². The number of ketones is 1. The lowest BCUT2D eigenvalue weighted by Gasteiger charge is -2.07. The molecule has 0 aliphatic rings. The Morgan fingerprint density at radius 2 is 1.89 bits per heavy atom. The van der Waals surface area contributed by atoms with E-state index in [1.807, 2.05) is 0 Å². The number of hydrogen-bond acceptors (Lipinski definition) is 2. The van der Waals surface area contributed by atoms with E-state index in [1.165, 1.54) is 12.1 Å². The highest BCUT2D eigenvalue weighted by atomic mass is 19.4. The van der Waals surface area contributed by atoms with Crippen LogP contribution in [0.2, 0.25) is 0 Å². The van der Waals surface area contributed by atoms with Gasteiger partial charge in [-0.05, 0) is 24.3 Å². The molecule has 0 amide bonds. The van der Waals surface area contributed by atoms with Crippen LogP contribution in [-0.4, -0.2) is 10.8 Å². The van der Waals surface area contributed by atoms with E-state index < -0.39 is 17.5 Å². The van der Waals surface area contributed by atoms with Gasteiger partial charge in [0.15, 0.2) is 0 Å². The monoisotopic (exact) mass is 251 g/mol. The lowest BCUT2D eigenvalue weighted by molar-refractivity contribution is -0.137. The van der Waals surface area contributed by atoms with Crippen LogP contribution in [0, 0.1) is 0 Å². The van der Waals surface area contributed by atoms with Crippen LogP contribution in [0.25, 0.3) is 10.9 Å². The van der Waals surface area contributed by atoms with Gasteiger partial charge in [-0.15, -0.1) is 0 Å². The zero-order valence-corrected chi connectivity index (χ0v) is 9.16. The third-order valence-electron chi connectivity index (χ3n) is 2.46. The zero-order chi connectivity index (χ0) is 13.3. The Bertz CT molecular complexity index is 632. The summed E-state index contributed by atoms with van der Waals surface area (Å²) in [5.74, 6) is -0.422. The van der Waals surface area contributed by atoms with Crippen molar-refractivity contribution in [2.75, 3.05) is 0 Å².